The summed E-state index contributed by atoms with van der Waals surface area (Å²) in [5.41, 5.74) is -1.05. The molecule has 2 N–H and O–H groups in total. The number of hydrogen-bond acceptors (Lipinski definition) is 5. The van der Waals surface area contributed by atoms with Gasteiger partial charge in [-0.15, -0.1) is 0 Å². The SMILES string of the molecule is COC(=O)CC(O)C(O)c1cc(F)c(C#N)c(F)c1. The summed E-state index contributed by atoms with van der Waals surface area (Å²) in [6, 6.07) is 2.79. The van der Waals surface area contributed by atoms with Gasteiger partial charge in [0.05, 0.1) is 19.6 Å². The van der Waals surface area contributed by atoms with Crippen LogP contribution < -0.4 is 0 Å². The molecule has 0 bridgehead atoms. The summed E-state index contributed by atoms with van der Waals surface area (Å²) >= 11 is 0. The lowest BCUT2D eigenvalue weighted by molar-refractivity contribution is -0.144. The minimum atomic E-state index is -1.67. The molecule has 1 rings (SSSR count). The van der Waals surface area contributed by atoms with Crippen molar-refractivity contribution in [2.24, 2.45) is 0 Å². The number of aliphatic hydroxyl groups is 2. The minimum Gasteiger partial charge on any atom is -0.469 e. The van der Waals surface area contributed by atoms with E-state index < -0.39 is 41.8 Å². The standard InChI is InChI=1S/C12H11F2NO4/c1-19-11(17)4-10(16)12(18)6-2-8(13)7(5-15)9(14)3-6/h2-3,10,12,16,18H,4H2,1H3. The Morgan fingerprint density at radius 1 is 1.42 bits per heavy atom. The second kappa shape index (κ2) is 6.22. The minimum absolute atomic E-state index is 0.273. The molecular formula is C12H11F2NO4. The summed E-state index contributed by atoms with van der Waals surface area (Å²) in [4.78, 5) is 10.9. The maximum atomic E-state index is 13.3. The number of ether oxygens (including phenoxy) is 1. The van der Waals surface area contributed by atoms with Gasteiger partial charge in [0.2, 0.25) is 0 Å². The largest absolute Gasteiger partial charge is 0.469 e. The molecule has 102 valence electrons. The van der Waals surface area contributed by atoms with Gasteiger partial charge in [-0.2, -0.15) is 5.26 Å². The van der Waals surface area contributed by atoms with Crippen molar-refractivity contribution >= 4 is 5.97 Å². The van der Waals surface area contributed by atoms with Crippen molar-refractivity contribution in [3.05, 3.63) is 34.9 Å². The van der Waals surface area contributed by atoms with Crippen LogP contribution in [0.25, 0.3) is 0 Å². The summed E-state index contributed by atoms with van der Waals surface area (Å²) in [6.45, 7) is 0. The molecule has 7 heteroatoms. The van der Waals surface area contributed by atoms with Gasteiger partial charge in [0.25, 0.3) is 0 Å². The fourth-order valence-corrected chi connectivity index (χ4v) is 1.46. The molecule has 1 aromatic carbocycles. The molecule has 0 radical (unpaired) electrons. The van der Waals surface area contributed by atoms with E-state index in [9.17, 15) is 23.8 Å². The normalized spacial score (nSPS) is 13.5. The quantitative estimate of drug-likeness (QED) is 0.790. The van der Waals surface area contributed by atoms with E-state index in [-0.39, 0.29) is 5.56 Å². The maximum absolute atomic E-state index is 13.3. The van der Waals surface area contributed by atoms with E-state index in [1.807, 2.05) is 0 Å². The van der Waals surface area contributed by atoms with E-state index in [0.29, 0.717) is 0 Å². The van der Waals surface area contributed by atoms with E-state index in [0.717, 1.165) is 19.2 Å². The maximum Gasteiger partial charge on any atom is 0.308 e. The predicted molar refractivity (Wildman–Crippen MR) is 58.7 cm³/mol. The first kappa shape index (κ1) is 15.0. The number of halogens is 2. The summed E-state index contributed by atoms with van der Waals surface area (Å²) in [5.74, 6) is -3.08. The van der Waals surface area contributed by atoms with Crippen LogP contribution in [0.5, 0.6) is 0 Å². The van der Waals surface area contributed by atoms with Crippen LogP contribution in [0.1, 0.15) is 23.7 Å². The van der Waals surface area contributed by atoms with Crippen LogP contribution in [-0.2, 0) is 9.53 Å². The van der Waals surface area contributed by atoms with Gasteiger partial charge in [-0.05, 0) is 17.7 Å². The monoisotopic (exact) mass is 271 g/mol. The van der Waals surface area contributed by atoms with Crippen molar-refractivity contribution in [2.45, 2.75) is 18.6 Å². The van der Waals surface area contributed by atoms with Crippen molar-refractivity contribution in [3.63, 3.8) is 0 Å². The third-order valence-electron chi connectivity index (χ3n) is 2.49. The van der Waals surface area contributed by atoms with Crippen molar-refractivity contribution in [2.75, 3.05) is 7.11 Å². The predicted octanol–water partition coefficient (Wildman–Crippen LogP) is 0.794. The third-order valence-corrected chi connectivity index (χ3v) is 2.49. The van der Waals surface area contributed by atoms with Crippen LogP contribution in [0, 0.1) is 23.0 Å². The van der Waals surface area contributed by atoms with E-state index in [1.165, 1.54) is 6.07 Å². The molecular weight excluding hydrogens is 260 g/mol. The Hall–Kier alpha value is -2.04. The zero-order valence-electron chi connectivity index (χ0n) is 9.93. The number of nitriles is 1. The molecule has 0 aliphatic rings. The Labute approximate surface area is 107 Å². The molecule has 0 saturated heterocycles. The van der Waals surface area contributed by atoms with Crippen molar-refractivity contribution in [1.82, 2.24) is 0 Å². The van der Waals surface area contributed by atoms with Gasteiger partial charge in [0.15, 0.2) is 0 Å². The molecule has 0 amide bonds. The molecule has 1 aromatic rings. The Bertz CT molecular complexity index is 504. The average molecular weight is 271 g/mol. The van der Waals surface area contributed by atoms with Gasteiger partial charge in [0, 0.05) is 0 Å². The fourth-order valence-electron chi connectivity index (χ4n) is 1.46. The Balaban J connectivity index is 2.98. The molecule has 0 saturated carbocycles. The first-order chi connectivity index (χ1) is 8.90. The molecule has 5 nitrogen and oxygen atoms in total. The molecule has 19 heavy (non-hydrogen) atoms. The van der Waals surface area contributed by atoms with E-state index in [4.69, 9.17) is 5.26 Å². The summed E-state index contributed by atoms with van der Waals surface area (Å²) in [7, 11) is 1.10. The number of benzene rings is 1. The lowest BCUT2D eigenvalue weighted by atomic mass is 10.0. The Kier molecular flexibility index (Phi) is 4.92. The van der Waals surface area contributed by atoms with Crippen molar-refractivity contribution in [1.29, 1.82) is 5.26 Å². The highest BCUT2D eigenvalue weighted by molar-refractivity contribution is 5.69. The second-order valence-electron chi connectivity index (χ2n) is 3.76. The summed E-state index contributed by atoms with van der Waals surface area (Å²) < 4.78 is 30.9. The number of hydrogen-bond donors (Lipinski definition) is 2. The molecule has 2 atom stereocenters. The lowest BCUT2D eigenvalue weighted by Gasteiger charge is -2.17. The van der Waals surface area contributed by atoms with Gasteiger partial charge < -0.3 is 14.9 Å². The Morgan fingerprint density at radius 2 is 1.95 bits per heavy atom. The van der Waals surface area contributed by atoms with Crippen LogP contribution in [0.4, 0.5) is 8.78 Å². The van der Waals surface area contributed by atoms with Crippen LogP contribution in [-0.4, -0.2) is 29.4 Å². The smallest absolute Gasteiger partial charge is 0.308 e. The summed E-state index contributed by atoms with van der Waals surface area (Å²) in [6.07, 6.45) is -3.77. The number of rotatable bonds is 4. The highest BCUT2D eigenvalue weighted by atomic mass is 19.1. The van der Waals surface area contributed by atoms with Crippen molar-refractivity contribution in [3.8, 4) is 6.07 Å². The number of aliphatic hydroxyl groups excluding tert-OH is 2. The van der Waals surface area contributed by atoms with E-state index >= 15 is 0 Å². The molecule has 0 spiro atoms. The van der Waals surface area contributed by atoms with E-state index in [1.54, 1.807) is 0 Å². The molecule has 0 aromatic heterocycles. The number of esters is 1. The van der Waals surface area contributed by atoms with Crippen LogP contribution in [0.2, 0.25) is 0 Å². The van der Waals surface area contributed by atoms with Crippen LogP contribution in [0.15, 0.2) is 12.1 Å². The average Bonchev–Trinajstić information content (AvgIpc) is 2.37. The van der Waals surface area contributed by atoms with E-state index in [2.05, 4.69) is 4.74 Å². The fraction of sp³-hybridized carbons (Fsp3) is 0.333. The number of nitrogens with zero attached hydrogens (tertiary/aromatic N) is 1. The Morgan fingerprint density at radius 3 is 2.37 bits per heavy atom. The highest BCUT2D eigenvalue weighted by Crippen LogP contribution is 2.23. The molecule has 0 aliphatic heterocycles. The first-order valence-corrected chi connectivity index (χ1v) is 5.22. The zero-order chi connectivity index (χ0) is 14.6. The van der Waals surface area contributed by atoms with Gasteiger partial charge in [-0.3, -0.25) is 4.79 Å². The van der Waals surface area contributed by atoms with Crippen LogP contribution in [0.3, 0.4) is 0 Å². The van der Waals surface area contributed by atoms with Gasteiger partial charge >= 0.3 is 5.97 Å². The molecule has 0 fully saturated rings. The van der Waals surface area contributed by atoms with Gasteiger partial charge in [-0.1, -0.05) is 0 Å². The lowest BCUT2D eigenvalue weighted by Crippen LogP contribution is -2.23. The number of carbonyl (C=O) groups is 1. The summed E-state index contributed by atoms with van der Waals surface area (Å²) in [5, 5.41) is 27.7. The van der Waals surface area contributed by atoms with Crippen molar-refractivity contribution < 1.29 is 28.5 Å². The molecule has 0 aliphatic carbocycles. The second-order valence-corrected chi connectivity index (χ2v) is 3.76. The first-order valence-electron chi connectivity index (χ1n) is 5.22. The van der Waals surface area contributed by atoms with Gasteiger partial charge in [0.1, 0.15) is 29.4 Å². The number of methoxy groups -OCH3 is 1. The molecule has 2 unspecified atom stereocenters. The highest BCUT2D eigenvalue weighted by Gasteiger charge is 2.24. The van der Waals surface area contributed by atoms with Gasteiger partial charge in [-0.25, -0.2) is 8.78 Å². The van der Waals surface area contributed by atoms with Crippen LogP contribution >= 0.6 is 0 Å². The number of carbonyl (C=O) groups excluding carboxylic acids is 1. The zero-order valence-corrected chi connectivity index (χ0v) is 9.93. The molecule has 0 heterocycles. The third kappa shape index (κ3) is 3.47. The topological polar surface area (TPSA) is 90.6 Å².